The van der Waals surface area contributed by atoms with Crippen molar-refractivity contribution in [3.05, 3.63) is 84.3 Å². The molecule has 164 valence electrons. The molecule has 3 aromatic rings. The van der Waals surface area contributed by atoms with Gasteiger partial charge < -0.3 is 9.64 Å². The highest BCUT2D eigenvalue weighted by molar-refractivity contribution is 8.00. The molecule has 1 amide bonds. The molecule has 0 saturated carbocycles. The standard InChI is InChI=1S/C24H21NO5S2/c26-23(25(20-8-2-1-3-9-20)21-12-13-32(28,29)17-21)15-30-24(27)16-31-22-11-10-18-6-4-5-7-19(18)14-22/h1-14,21H,15-17H2. The normalized spacial score (nSPS) is 16.7. The van der Waals surface area contributed by atoms with Crippen LogP contribution < -0.4 is 4.90 Å². The van der Waals surface area contributed by atoms with E-state index in [4.69, 9.17) is 4.74 Å². The number of para-hydroxylation sites is 1. The summed E-state index contributed by atoms with van der Waals surface area (Å²) in [7, 11) is -3.35. The van der Waals surface area contributed by atoms with Crippen molar-refractivity contribution in [2.24, 2.45) is 0 Å². The smallest absolute Gasteiger partial charge is 0.316 e. The second-order valence-corrected chi connectivity index (χ2v) is 10.3. The van der Waals surface area contributed by atoms with E-state index in [1.807, 2.05) is 42.5 Å². The number of esters is 1. The first-order chi connectivity index (χ1) is 15.4. The van der Waals surface area contributed by atoms with E-state index in [0.29, 0.717) is 5.69 Å². The molecule has 0 bridgehead atoms. The number of hydrogen-bond donors (Lipinski definition) is 0. The first kappa shape index (κ1) is 22.1. The molecule has 3 aromatic carbocycles. The van der Waals surface area contributed by atoms with Crippen LogP contribution in [0.3, 0.4) is 0 Å². The minimum atomic E-state index is -3.35. The summed E-state index contributed by atoms with van der Waals surface area (Å²) in [6, 6.07) is 22.0. The van der Waals surface area contributed by atoms with Crippen molar-refractivity contribution >= 4 is 49.9 Å². The molecule has 0 N–H and O–H groups in total. The highest BCUT2D eigenvalue weighted by Crippen LogP contribution is 2.25. The molecule has 1 atom stereocenters. The van der Waals surface area contributed by atoms with Crippen molar-refractivity contribution in [2.75, 3.05) is 23.0 Å². The maximum Gasteiger partial charge on any atom is 0.316 e. The van der Waals surface area contributed by atoms with Gasteiger partial charge in [-0.15, -0.1) is 11.8 Å². The third kappa shape index (κ3) is 5.38. The summed E-state index contributed by atoms with van der Waals surface area (Å²) >= 11 is 1.33. The van der Waals surface area contributed by atoms with Crippen molar-refractivity contribution in [1.29, 1.82) is 0 Å². The summed E-state index contributed by atoms with van der Waals surface area (Å²) in [5, 5.41) is 3.32. The molecular formula is C24H21NO5S2. The summed E-state index contributed by atoms with van der Waals surface area (Å²) in [4.78, 5) is 27.4. The van der Waals surface area contributed by atoms with Gasteiger partial charge in [0, 0.05) is 16.0 Å². The Kier molecular flexibility index (Phi) is 6.62. The highest BCUT2D eigenvalue weighted by Gasteiger charge is 2.31. The van der Waals surface area contributed by atoms with Gasteiger partial charge in [-0.25, -0.2) is 8.42 Å². The third-order valence-corrected chi connectivity index (χ3v) is 7.33. The van der Waals surface area contributed by atoms with Gasteiger partial charge in [0.15, 0.2) is 16.4 Å². The Bertz CT molecular complexity index is 1270. The van der Waals surface area contributed by atoms with Crippen LogP contribution in [0.4, 0.5) is 5.69 Å². The van der Waals surface area contributed by atoms with Crippen LogP contribution in [0.15, 0.2) is 89.2 Å². The number of rotatable bonds is 7. The summed E-state index contributed by atoms with van der Waals surface area (Å²) < 4.78 is 28.9. The molecule has 1 aliphatic heterocycles. The molecule has 0 aromatic heterocycles. The summed E-state index contributed by atoms with van der Waals surface area (Å²) in [6.07, 6.45) is 1.48. The van der Waals surface area contributed by atoms with Gasteiger partial charge in [0.1, 0.15) is 0 Å². The highest BCUT2D eigenvalue weighted by atomic mass is 32.2. The van der Waals surface area contributed by atoms with E-state index in [-0.39, 0.29) is 11.5 Å². The first-order valence-corrected chi connectivity index (χ1v) is 12.7. The van der Waals surface area contributed by atoms with Crippen LogP contribution in [0.5, 0.6) is 0 Å². The van der Waals surface area contributed by atoms with Gasteiger partial charge >= 0.3 is 5.97 Å². The fourth-order valence-electron chi connectivity index (χ4n) is 3.48. The molecule has 0 spiro atoms. The second-order valence-electron chi connectivity index (χ2n) is 7.28. The van der Waals surface area contributed by atoms with E-state index in [2.05, 4.69) is 0 Å². The Morgan fingerprint density at radius 2 is 1.69 bits per heavy atom. The zero-order valence-electron chi connectivity index (χ0n) is 17.1. The molecule has 0 saturated heterocycles. The summed E-state index contributed by atoms with van der Waals surface area (Å²) in [5.74, 6) is -1.13. The fraction of sp³-hybridized carbons (Fsp3) is 0.167. The van der Waals surface area contributed by atoms with Crippen LogP contribution in [0.2, 0.25) is 0 Å². The van der Waals surface area contributed by atoms with Crippen LogP contribution in [0, 0.1) is 0 Å². The number of carbonyl (C=O) groups excluding carboxylic acids is 2. The van der Waals surface area contributed by atoms with Gasteiger partial charge in [0.05, 0.1) is 17.5 Å². The van der Waals surface area contributed by atoms with Crippen LogP contribution in [0.1, 0.15) is 0 Å². The second kappa shape index (κ2) is 9.58. The van der Waals surface area contributed by atoms with Crippen molar-refractivity contribution in [1.82, 2.24) is 0 Å². The zero-order chi connectivity index (χ0) is 22.6. The molecule has 1 unspecified atom stereocenters. The maximum absolute atomic E-state index is 12.9. The molecule has 1 aliphatic rings. The average molecular weight is 468 g/mol. The largest absolute Gasteiger partial charge is 0.455 e. The van der Waals surface area contributed by atoms with Crippen molar-refractivity contribution in [2.45, 2.75) is 10.9 Å². The third-order valence-electron chi connectivity index (χ3n) is 4.98. The van der Waals surface area contributed by atoms with Gasteiger partial charge in [-0.2, -0.15) is 0 Å². The Balaban J connectivity index is 1.37. The molecular weight excluding hydrogens is 446 g/mol. The topological polar surface area (TPSA) is 80.8 Å². The lowest BCUT2D eigenvalue weighted by atomic mass is 10.1. The first-order valence-electron chi connectivity index (χ1n) is 9.97. The number of amides is 1. The van der Waals surface area contributed by atoms with Gasteiger partial charge in [-0.1, -0.05) is 48.5 Å². The summed E-state index contributed by atoms with van der Waals surface area (Å²) in [6.45, 7) is -0.462. The van der Waals surface area contributed by atoms with E-state index in [0.717, 1.165) is 21.1 Å². The number of anilines is 1. The number of fused-ring (bicyclic) bond motifs is 1. The van der Waals surface area contributed by atoms with Crippen LogP contribution in [0.25, 0.3) is 10.8 Å². The quantitative estimate of drug-likeness (QED) is 0.388. The molecule has 0 fully saturated rings. The SMILES string of the molecule is O=C(CSc1ccc2ccccc2c1)OCC(=O)N(c1ccccc1)C1C=CS(=O)(=O)C1. The van der Waals surface area contributed by atoms with Gasteiger partial charge in [-0.05, 0) is 41.1 Å². The maximum atomic E-state index is 12.9. The lowest BCUT2D eigenvalue weighted by Crippen LogP contribution is -2.43. The van der Waals surface area contributed by atoms with Crippen LogP contribution >= 0.6 is 11.8 Å². The van der Waals surface area contributed by atoms with Gasteiger partial charge in [-0.3, -0.25) is 9.59 Å². The Morgan fingerprint density at radius 3 is 2.41 bits per heavy atom. The molecule has 32 heavy (non-hydrogen) atoms. The summed E-state index contributed by atoms with van der Waals surface area (Å²) in [5.41, 5.74) is 0.547. The van der Waals surface area contributed by atoms with E-state index in [1.165, 1.54) is 22.7 Å². The number of carbonyl (C=O) groups is 2. The Morgan fingerprint density at radius 1 is 0.969 bits per heavy atom. The number of ether oxygens (including phenoxy) is 1. The molecule has 1 heterocycles. The molecule has 0 aliphatic carbocycles. The minimum absolute atomic E-state index is 0.0642. The van der Waals surface area contributed by atoms with Gasteiger partial charge in [0.25, 0.3) is 5.91 Å². The van der Waals surface area contributed by atoms with Crippen LogP contribution in [-0.2, 0) is 24.2 Å². The lowest BCUT2D eigenvalue weighted by Gasteiger charge is -2.27. The Hall–Kier alpha value is -3.10. The van der Waals surface area contributed by atoms with E-state index in [1.54, 1.807) is 30.3 Å². The number of nitrogens with zero attached hydrogens (tertiary/aromatic N) is 1. The minimum Gasteiger partial charge on any atom is -0.455 e. The predicted octanol–water partition coefficient (Wildman–Crippen LogP) is 3.82. The lowest BCUT2D eigenvalue weighted by molar-refractivity contribution is -0.145. The number of hydrogen-bond acceptors (Lipinski definition) is 6. The number of benzene rings is 3. The van der Waals surface area contributed by atoms with Crippen molar-refractivity contribution in [3.63, 3.8) is 0 Å². The van der Waals surface area contributed by atoms with Crippen molar-refractivity contribution < 1.29 is 22.7 Å². The van der Waals surface area contributed by atoms with E-state index < -0.39 is 34.4 Å². The van der Waals surface area contributed by atoms with Crippen molar-refractivity contribution in [3.8, 4) is 0 Å². The zero-order valence-corrected chi connectivity index (χ0v) is 18.7. The predicted molar refractivity (Wildman–Crippen MR) is 126 cm³/mol. The van der Waals surface area contributed by atoms with E-state index >= 15 is 0 Å². The molecule has 0 radical (unpaired) electrons. The average Bonchev–Trinajstić information content (AvgIpc) is 3.16. The fourth-order valence-corrected chi connectivity index (χ4v) is 5.49. The van der Waals surface area contributed by atoms with E-state index in [9.17, 15) is 18.0 Å². The Labute approximate surface area is 190 Å². The molecule has 8 heteroatoms. The number of thioether (sulfide) groups is 1. The molecule has 6 nitrogen and oxygen atoms in total. The van der Waals surface area contributed by atoms with Crippen LogP contribution in [-0.4, -0.2) is 44.4 Å². The molecule has 4 rings (SSSR count). The van der Waals surface area contributed by atoms with Gasteiger partial charge in [0.2, 0.25) is 0 Å². The number of sulfone groups is 1. The monoisotopic (exact) mass is 467 g/mol.